The van der Waals surface area contributed by atoms with Gasteiger partial charge in [-0.2, -0.15) is 5.10 Å². The number of hydrogen-bond donors (Lipinski definition) is 10. The topological polar surface area (TPSA) is 427 Å². The van der Waals surface area contributed by atoms with Crippen LogP contribution in [0.4, 0.5) is 5.69 Å². The number of rotatable bonds is 40. The molecule has 0 spiro atoms. The number of fused-ring (bicyclic) bond motifs is 3. The van der Waals surface area contributed by atoms with Crippen LogP contribution in [0.15, 0.2) is 151 Å². The van der Waals surface area contributed by atoms with Crippen molar-refractivity contribution >= 4 is 68.1 Å². The maximum absolute atomic E-state index is 14.0. The fourth-order valence-corrected chi connectivity index (χ4v) is 13.7. The number of carbonyl (C=O) groups is 3. The number of aryl methyl sites for hydroxylation is 4. The Labute approximate surface area is 714 Å². The summed E-state index contributed by atoms with van der Waals surface area (Å²) in [5.74, 6) is -3.81. The molecular formula is C92H114N12O19. The Morgan fingerprint density at radius 3 is 1.09 bits per heavy atom. The van der Waals surface area contributed by atoms with Gasteiger partial charge in [0, 0.05) is 47.9 Å². The fourth-order valence-electron chi connectivity index (χ4n) is 13.7. The zero-order valence-electron chi connectivity index (χ0n) is 72.0. The number of ether oxygens (including phenoxy) is 8. The molecule has 0 fully saturated rings. The Morgan fingerprint density at radius 2 is 0.732 bits per heavy atom. The van der Waals surface area contributed by atoms with E-state index in [1.165, 1.54) is 21.3 Å². The molecule has 6 unspecified atom stereocenters. The molecule has 0 saturated carbocycles. The van der Waals surface area contributed by atoms with Gasteiger partial charge in [-0.3, -0.25) is 25.2 Å². The Hall–Kier alpha value is -11.4. The molecule has 123 heavy (non-hydrogen) atoms. The second-order valence-electron chi connectivity index (χ2n) is 35.3. The molecule has 0 radical (unpaired) electrons. The number of allylic oxidation sites excluding steroid dienone is 4. The zero-order valence-corrected chi connectivity index (χ0v) is 72.0. The molecule has 10 N–H and O–H groups in total. The number of hydrogen-bond acceptors (Lipinski definition) is 28. The highest BCUT2D eigenvalue weighted by atomic mass is 16.7. The SMILES string of the molecule is CC(O)(CCc1cc(-n2nc3ccccc3n2)c(O)c(C(C)(C)C)c1)OC(COCC(O)COCC(COCC(O)COC(=O)CCc1cc(-n2nc3ccccc3n2)c(O)c(C(C)(C)C)c1)OC(=O)CCc1cc(-n2nc3ccccc3n2)c(O)c(C(C)(C)C)c1)COCC(O)COC(=O)CCc1cc(N/N=C2/C=CC=CC2=N)c(O)c(C(C)(C)C)c1. The van der Waals surface area contributed by atoms with E-state index in [1.54, 1.807) is 48.6 Å². The van der Waals surface area contributed by atoms with E-state index in [1.807, 2.05) is 180 Å². The first-order valence-electron chi connectivity index (χ1n) is 41.2. The van der Waals surface area contributed by atoms with Crippen LogP contribution in [0.25, 0.3) is 50.2 Å². The first-order chi connectivity index (χ1) is 58.2. The number of phenols is 4. The minimum atomic E-state index is -1.88. The van der Waals surface area contributed by atoms with E-state index in [2.05, 4.69) is 41.1 Å². The lowest BCUT2D eigenvalue weighted by Gasteiger charge is -2.30. The van der Waals surface area contributed by atoms with Crippen molar-refractivity contribution < 1.29 is 93.1 Å². The third-order valence-corrected chi connectivity index (χ3v) is 20.3. The Bertz CT molecular complexity index is 5370. The average Bonchev–Trinajstić information content (AvgIpc) is 1.73. The molecule has 3 heterocycles. The highest BCUT2D eigenvalue weighted by Gasteiger charge is 2.32. The molecule has 0 saturated heterocycles. The molecule has 31 nitrogen and oxygen atoms in total. The largest absolute Gasteiger partial charge is 0.505 e. The molecule has 0 bridgehead atoms. The van der Waals surface area contributed by atoms with Crippen LogP contribution in [0.1, 0.15) is 160 Å². The molecule has 1 aliphatic rings. The van der Waals surface area contributed by atoms with E-state index in [-0.39, 0.29) is 139 Å². The molecule has 7 aromatic carbocycles. The summed E-state index contributed by atoms with van der Waals surface area (Å²) >= 11 is 0. The van der Waals surface area contributed by atoms with Gasteiger partial charge in [0.15, 0.2) is 5.79 Å². The van der Waals surface area contributed by atoms with Crippen LogP contribution in [0.3, 0.4) is 0 Å². The van der Waals surface area contributed by atoms with Gasteiger partial charge in [-0.15, -0.1) is 45.0 Å². The van der Waals surface area contributed by atoms with E-state index in [0.29, 0.717) is 94.8 Å². The Kier molecular flexibility index (Phi) is 30.2. The van der Waals surface area contributed by atoms with Gasteiger partial charge in [0.25, 0.3) is 0 Å². The third kappa shape index (κ3) is 25.6. The predicted octanol–water partition coefficient (Wildman–Crippen LogP) is 11.9. The molecule has 3 aromatic heterocycles. The second-order valence-corrected chi connectivity index (χ2v) is 35.3. The van der Waals surface area contributed by atoms with Gasteiger partial charge in [-0.1, -0.05) is 156 Å². The number of aromatic nitrogens is 9. The van der Waals surface area contributed by atoms with E-state index in [9.17, 15) is 55.2 Å². The molecule has 656 valence electrons. The number of anilines is 1. The number of benzene rings is 7. The van der Waals surface area contributed by atoms with E-state index in [4.69, 9.17) is 43.3 Å². The average molecular weight is 1690 g/mol. The number of esters is 3. The smallest absolute Gasteiger partial charge is 0.306 e. The normalized spacial score (nSPS) is 14.9. The summed E-state index contributed by atoms with van der Waals surface area (Å²) in [7, 11) is 0. The number of aliphatic hydroxyl groups is 4. The maximum atomic E-state index is 14.0. The van der Waals surface area contributed by atoms with Crippen LogP contribution in [0.2, 0.25) is 0 Å². The summed E-state index contributed by atoms with van der Waals surface area (Å²) in [5.41, 5.74) is 11.6. The molecule has 0 aliphatic heterocycles. The van der Waals surface area contributed by atoms with Crippen molar-refractivity contribution in [1.29, 1.82) is 5.41 Å². The minimum absolute atomic E-state index is 0.00357. The van der Waals surface area contributed by atoms with Crippen LogP contribution in [0, 0.1) is 5.41 Å². The minimum Gasteiger partial charge on any atom is -0.505 e. The van der Waals surface area contributed by atoms with Crippen LogP contribution >= 0.6 is 0 Å². The van der Waals surface area contributed by atoms with Gasteiger partial charge >= 0.3 is 17.9 Å². The summed E-state index contributed by atoms with van der Waals surface area (Å²) in [6.45, 7) is 21.4. The molecule has 0 amide bonds. The van der Waals surface area contributed by atoms with Crippen molar-refractivity contribution in [2.45, 2.75) is 199 Å². The van der Waals surface area contributed by atoms with Gasteiger partial charge in [-0.05, 0) is 149 Å². The second kappa shape index (κ2) is 40.3. The summed E-state index contributed by atoms with van der Waals surface area (Å²) < 4.78 is 47.3. The van der Waals surface area contributed by atoms with Crippen LogP contribution < -0.4 is 5.43 Å². The summed E-state index contributed by atoms with van der Waals surface area (Å²) in [5, 5.41) is 132. The fraction of sp³-hybridized carbons (Fsp3) is 0.446. The quantitative estimate of drug-likeness (QED) is 0.00426. The number of aromatic hydroxyl groups is 4. The van der Waals surface area contributed by atoms with Crippen LogP contribution in [-0.4, -0.2) is 218 Å². The molecule has 31 heteroatoms. The van der Waals surface area contributed by atoms with Gasteiger partial charge in [0.2, 0.25) is 0 Å². The highest BCUT2D eigenvalue weighted by Crippen LogP contribution is 2.42. The third-order valence-electron chi connectivity index (χ3n) is 20.3. The lowest BCUT2D eigenvalue weighted by Crippen LogP contribution is -2.40. The van der Waals surface area contributed by atoms with Gasteiger partial charge in [-0.25, -0.2) is 0 Å². The summed E-state index contributed by atoms with van der Waals surface area (Å²) in [6.07, 6.45) is 1.09. The van der Waals surface area contributed by atoms with E-state index in [0.717, 1.165) is 5.56 Å². The number of carbonyl (C=O) groups excluding carboxylic acids is 3. The molecule has 1 aliphatic carbocycles. The van der Waals surface area contributed by atoms with Crippen molar-refractivity contribution in [3.8, 4) is 40.1 Å². The first-order valence-corrected chi connectivity index (χ1v) is 41.2. The zero-order chi connectivity index (χ0) is 88.7. The van der Waals surface area contributed by atoms with Crippen molar-refractivity contribution in [3.05, 3.63) is 190 Å². The standard InChI is InChI=1S/C92H114N12O19/c1-88(2,3)65-38-56(42-77(84(65)111)95-94-70-23-15-14-22-69(70)93)30-33-81(108)120-51-62(107)49-119-55-64(123-92(13,115)37-36-59-41-68(91(10,11)12)87(114)80(45-59)104-100-75-28-20-21-29-76(75)101-104)54-118-47-60(105)46-116-52-63(122-83(110)35-32-58-40-67(90(7,8)9)86(113)79(44-58)103-98-73-26-18-19-27-74(73)99-103)53-117-48-61(106)50-121-82(109)34-31-57-39-66(89(4,5)6)85(112)78(43-57)102-96-71-24-16-17-25-72(71)97-102/h14-29,38-45,60-64,93,95,105-107,111-115H,30-37,46-55H2,1-13H3/b93-69?,94-70-. The van der Waals surface area contributed by atoms with Crippen LogP contribution in [0.5, 0.6) is 23.0 Å². The van der Waals surface area contributed by atoms with Crippen LogP contribution in [-0.2, 0) is 99.6 Å². The monoisotopic (exact) mass is 1690 g/mol. The number of phenolic OH excluding ortho intramolecular Hbond substituents is 4. The molecule has 10 aromatic rings. The van der Waals surface area contributed by atoms with Gasteiger partial charge in [0.1, 0.15) is 123 Å². The highest BCUT2D eigenvalue weighted by molar-refractivity contribution is 6.50. The predicted molar refractivity (Wildman–Crippen MR) is 463 cm³/mol. The first kappa shape index (κ1) is 92.3. The van der Waals surface area contributed by atoms with Crippen molar-refractivity contribution in [3.63, 3.8) is 0 Å². The van der Waals surface area contributed by atoms with Gasteiger partial charge in [0.05, 0.1) is 64.3 Å². The van der Waals surface area contributed by atoms with Crippen molar-refractivity contribution in [2.24, 2.45) is 5.10 Å². The molecular weight excluding hydrogens is 1580 g/mol. The summed E-state index contributed by atoms with van der Waals surface area (Å²) in [4.78, 5) is 44.7. The molecule has 11 rings (SSSR count). The Balaban J connectivity index is 0.727. The van der Waals surface area contributed by atoms with Gasteiger partial charge < -0.3 is 78.7 Å². The summed E-state index contributed by atoms with van der Waals surface area (Å²) in [6, 6.07) is 36.1. The van der Waals surface area contributed by atoms with Crippen molar-refractivity contribution in [2.75, 3.05) is 71.5 Å². The number of nitrogens with one attached hydrogen (secondary N) is 2. The lowest BCUT2D eigenvalue weighted by atomic mass is 9.84. The lowest BCUT2D eigenvalue weighted by molar-refractivity contribution is -0.241. The van der Waals surface area contributed by atoms with E-state index < -0.39 is 89.1 Å². The maximum Gasteiger partial charge on any atom is 0.306 e. The number of aliphatic hydroxyl groups excluding tert-OH is 3. The molecule has 6 atom stereocenters. The number of hydrazone groups is 1. The van der Waals surface area contributed by atoms with E-state index >= 15 is 0 Å². The Morgan fingerprint density at radius 1 is 0.415 bits per heavy atom. The number of nitrogens with zero attached hydrogens (tertiary/aromatic N) is 10. The van der Waals surface area contributed by atoms with Crippen molar-refractivity contribution in [1.82, 2.24) is 45.0 Å².